The highest BCUT2D eigenvalue weighted by Gasteiger charge is 2.18. The monoisotopic (exact) mass is 265 g/mol. The fourth-order valence-corrected chi connectivity index (χ4v) is 2.19. The predicted molar refractivity (Wildman–Crippen MR) is 73.7 cm³/mol. The number of nitrogens with zero attached hydrogens (tertiary/aromatic N) is 4. The molecule has 1 aliphatic heterocycles. The minimum Gasteiger partial charge on any atom is -0.339 e. The Hall–Kier alpha value is -1.40. The highest BCUT2D eigenvalue weighted by Crippen LogP contribution is 2.04. The van der Waals surface area contributed by atoms with Gasteiger partial charge < -0.3 is 15.1 Å². The van der Waals surface area contributed by atoms with Crippen LogP contribution in [0.25, 0.3) is 0 Å². The molecule has 0 bridgehead atoms. The van der Waals surface area contributed by atoms with Gasteiger partial charge in [0.1, 0.15) is 0 Å². The highest BCUT2D eigenvalue weighted by atomic mass is 16.2. The number of piperazine rings is 1. The topological polar surface area (TPSA) is 53.4 Å². The van der Waals surface area contributed by atoms with Crippen LogP contribution >= 0.6 is 0 Å². The number of rotatable bonds is 4. The van der Waals surface area contributed by atoms with Gasteiger partial charge in [0.05, 0.1) is 12.7 Å². The molecule has 0 aliphatic carbocycles. The number of carbonyl (C=O) groups excluding carboxylic acids is 1. The molecule has 2 rings (SSSR count). The summed E-state index contributed by atoms with van der Waals surface area (Å²) in [6.07, 6.45) is 1.85. The lowest BCUT2D eigenvalue weighted by molar-refractivity contribution is -0.131. The number of nitrogens with one attached hydrogen (secondary N) is 1. The molecule has 0 aromatic carbocycles. The molecule has 1 aliphatic rings. The summed E-state index contributed by atoms with van der Waals surface area (Å²) in [5, 5.41) is 7.39. The lowest BCUT2D eigenvalue weighted by Crippen LogP contribution is -2.49. The van der Waals surface area contributed by atoms with Crippen molar-refractivity contribution in [2.45, 2.75) is 13.5 Å². The van der Waals surface area contributed by atoms with Crippen LogP contribution in [-0.2, 0) is 18.4 Å². The second-order valence-corrected chi connectivity index (χ2v) is 5.17. The normalized spacial score (nSPS) is 16.9. The van der Waals surface area contributed by atoms with Crippen molar-refractivity contribution in [3.63, 3.8) is 0 Å². The fourth-order valence-electron chi connectivity index (χ4n) is 2.19. The molecule has 0 radical (unpaired) electrons. The number of aryl methyl sites for hydroxylation is 1. The van der Waals surface area contributed by atoms with E-state index in [-0.39, 0.29) is 5.91 Å². The van der Waals surface area contributed by atoms with Crippen molar-refractivity contribution in [1.82, 2.24) is 24.9 Å². The van der Waals surface area contributed by atoms with Gasteiger partial charge in [0, 0.05) is 51.0 Å². The van der Waals surface area contributed by atoms with Gasteiger partial charge >= 0.3 is 0 Å². The van der Waals surface area contributed by atoms with E-state index in [1.807, 2.05) is 29.7 Å². The molecule has 6 nitrogen and oxygen atoms in total. The van der Waals surface area contributed by atoms with Crippen LogP contribution in [0.15, 0.2) is 6.20 Å². The smallest absolute Gasteiger partial charge is 0.236 e. The summed E-state index contributed by atoms with van der Waals surface area (Å²) >= 11 is 0. The fraction of sp³-hybridized carbons (Fsp3) is 0.692. The summed E-state index contributed by atoms with van der Waals surface area (Å²) in [7, 11) is 4.01. The summed E-state index contributed by atoms with van der Waals surface area (Å²) in [6, 6.07) is 0. The molecule has 0 saturated carbocycles. The second kappa shape index (κ2) is 6.16. The van der Waals surface area contributed by atoms with Crippen molar-refractivity contribution in [3.8, 4) is 0 Å². The van der Waals surface area contributed by atoms with E-state index in [0.29, 0.717) is 13.1 Å². The highest BCUT2D eigenvalue weighted by molar-refractivity contribution is 5.78. The van der Waals surface area contributed by atoms with Crippen LogP contribution in [0.1, 0.15) is 11.3 Å². The third-order valence-electron chi connectivity index (χ3n) is 3.78. The number of aromatic nitrogens is 2. The van der Waals surface area contributed by atoms with Crippen molar-refractivity contribution in [3.05, 3.63) is 17.5 Å². The van der Waals surface area contributed by atoms with E-state index in [0.717, 1.165) is 37.4 Å². The Morgan fingerprint density at radius 3 is 2.58 bits per heavy atom. The Balaban J connectivity index is 1.73. The lowest BCUT2D eigenvalue weighted by atomic mass is 10.2. The average molecular weight is 265 g/mol. The number of likely N-dealkylation sites (N-methyl/N-ethyl adjacent to an activating group) is 1. The van der Waals surface area contributed by atoms with Gasteiger partial charge in [-0.3, -0.25) is 9.48 Å². The largest absolute Gasteiger partial charge is 0.339 e. The van der Waals surface area contributed by atoms with E-state index in [1.54, 1.807) is 0 Å². The van der Waals surface area contributed by atoms with Gasteiger partial charge in [0.25, 0.3) is 0 Å². The molecule has 19 heavy (non-hydrogen) atoms. The number of carbonyl (C=O) groups is 1. The maximum absolute atomic E-state index is 12.0. The maximum Gasteiger partial charge on any atom is 0.236 e. The van der Waals surface area contributed by atoms with Crippen LogP contribution in [0.5, 0.6) is 0 Å². The van der Waals surface area contributed by atoms with E-state index in [2.05, 4.69) is 22.4 Å². The Kier molecular flexibility index (Phi) is 4.55. The minimum atomic E-state index is 0.189. The first kappa shape index (κ1) is 14.0. The SMILES string of the molecule is Cc1c(CNCC(=O)N2CCN(C)CC2)cnn1C. The minimum absolute atomic E-state index is 0.189. The van der Waals surface area contributed by atoms with Gasteiger partial charge in [-0.2, -0.15) is 5.10 Å². The summed E-state index contributed by atoms with van der Waals surface area (Å²) in [4.78, 5) is 16.2. The molecule has 1 N–H and O–H groups in total. The van der Waals surface area contributed by atoms with E-state index in [1.165, 1.54) is 0 Å². The van der Waals surface area contributed by atoms with Crippen LogP contribution in [0.3, 0.4) is 0 Å². The first-order valence-corrected chi connectivity index (χ1v) is 6.72. The third-order valence-corrected chi connectivity index (χ3v) is 3.78. The summed E-state index contributed by atoms with van der Waals surface area (Å²) in [5.74, 6) is 0.189. The molecule has 1 saturated heterocycles. The third kappa shape index (κ3) is 3.54. The van der Waals surface area contributed by atoms with Crippen molar-refractivity contribution >= 4 is 5.91 Å². The standard InChI is InChI=1S/C13H23N5O/c1-11-12(9-15-17(11)3)8-14-10-13(19)18-6-4-16(2)5-7-18/h9,14H,4-8,10H2,1-3H3. The zero-order chi connectivity index (χ0) is 13.8. The summed E-state index contributed by atoms with van der Waals surface area (Å²) in [5.41, 5.74) is 2.29. The van der Waals surface area contributed by atoms with Crippen molar-refractivity contribution in [2.75, 3.05) is 39.8 Å². The summed E-state index contributed by atoms with van der Waals surface area (Å²) in [6.45, 7) is 6.73. The number of hydrogen-bond donors (Lipinski definition) is 1. The molecule has 106 valence electrons. The Bertz CT molecular complexity index is 434. The van der Waals surface area contributed by atoms with Gasteiger partial charge in [-0.05, 0) is 14.0 Å². The lowest BCUT2D eigenvalue weighted by Gasteiger charge is -2.32. The maximum atomic E-state index is 12.0. The van der Waals surface area contributed by atoms with E-state index in [9.17, 15) is 4.79 Å². The number of hydrogen-bond acceptors (Lipinski definition) is 4. The Labute approximate surface area is 114 Å². The molecule has 1 aromatic rings. The van der Waals surface area contributed by atoms with Gasteiger partial charge in [-0.25, -0.2) is 0 Å². The molecule has 1 fully saturated rings. The zero-order valence-corrected chi connectivity index (χ0v) is 12.0. The molecule has 0 unspecified atom stereocenters. The van der Waals surface area contributed by atoms with E-state index in [4.69, 9.17) is 0 Å². The van der Waals surface area contributed by atoms with Gasteiger partial charge in [0.2, 0.25) is 5.91 Å². The van der Waals surface area contributed by atoms with Crippen LogP contribution in [0.4, 0.5) is 0 Å². The molecular formula is C13H23N5O. The zero-order valence-electron chi connectivity index (χ0n) is 12.0. The van der Waals surface area contributed by atoms with Crippen molar-refractivity contribution in [1.29, 1.82) is 0 Å². The molecule has 0 spiro atoms. The number of amides is 1. The molecular weight excluding hydrogens is 242 g/mol. The first-order chi connectivity index (χ1) is 9.08. The van der Waals surface area contributed by atoms with Crippen LogP contribution in [0, 0.1) is 6.92 Å². The molecule has 2 heterocycles. The second-order valence-electron chi connectivity index (χ2n) is 5.17. The molecule has 6 heteroatoms. The summed E-state index contributed by atoms with van der Waals surface area (Å²) < 4.78 is 1.85. The average Bonchev–Trinajstić information content (AvgIpc) is 2.71. The van der Waals surface area contributed by atoms with Crippen LogP contribution in [-0.4, -0.2) is 65.3 Å². The van der Waals surface area contributed by atoms with E-state index >= 15 is 0 Å². The molecule has 0 atom stereocenters. The van der Waals surface area contributed by atoms with E-state index < -0.39 is 0 Å². The Morgan fingerprint density at radius 2 is 2.00 bits per heavy atom. The Morgan fingerprint density at radius 1 is 1.32 bits per heavy atom. The van der Waals surface area contributed by atoms with Crippen molar-refractivity contribution < 1.29 is 4.79 Å². The van der Waals surface area contributed by atoms with Crippen molar-refractivity contribution in [2.24, 2.45) is 7.05 Å². The predicted octanol–water partition coefficient (Wildman–Crippen LogP) is -0.408. The molecule has 1 aromatic heterocycles. The van der Waals surface area contributed by atoms with Crippen LogP contribution < -0.4 is 5.32 Å². The van der Waals surface area contributed by atoms with Gasteiger partial charge in [-0.15, -0.1) is 0 Å². The van der Waals surface area contributed by atoms with Crippen LogP contribution in [0.2, 0.25) is 0 Å². The van der Waals surface area contributed by atoms with Gasteiger partial charge in [0.15, 0.2) is 0 Å². The van der Waals surface area contributed by atoms with Gasteiger partial charge in [-0.1, -0.05) is 0 Å². The quantitative estimate of drug-likeness (QED) is 0.804. The molecule has 1 amide bonds. The first-order valence-electron chi connectivity index (χ1n) is 6.72.